The third-order valence-corrected chi connectivity index (χ3v) is 6.15. The number of aromatic nitrogens is 1. The molecule has 7 heteroatoms. The normalized spacial score (nSPS) is 14.7. The summed E-state index contributed by atoms with van der Waals surface area (Å²) in [4.78, 5) is 20.8. The van der Waals surface area contributed by atoms with Crippen LogP contribution in [0.15, 0.2) is 36.4 Å². The van der Waals surface area contributed by atoms with Gasteiger partial charge in [-0.25, -0.2) is 13.8 Å². The Morgan fingerprint density at radius 2 is 1.75 bits per heavy atom. The van der Waals surface area contributed by atoms with Gasteiger partial charge in [0, 0.05) is 32.2 Å². The molecule has 0 aliphatic carbocycles. The van der Waals surface area contributed by atoms with Crippen LogP contribution in [0.5, 0.6) is 0 Å². The Morgan fingerprint density at radius 1 is 1.07 bits per heavy atom. The Balaban J connectivity index is 1.38. The van der Waals surface area contributed by atoms with E-state index in [1.807, 2.05) is 21.9 Å². The number of piperazine rings is 1. The number of hydrogen-bond acceptors (Lipinski definition) is 4. The van der Waals surface area contributed by atoms with Crippen LogP contribution in [-0.4, -0.2) is 42.0 Å². The highest BCUT2D eigenvalue weighted by molar-refractivity contribution is 7.22. The molecule has 2 aromatic carbocycles. The molecule has 146 valence electrons. The summed E-state index contributed by atoms with van der Waals surface area (Å²) in [5, 5.41) is 0.668. The molecule has 0 unspecified atom stereocenters. The van der Waals surface area contributed by atoms with Crippen molar-refractivity contribution in [3.8, 4) is 0 Å². The van der Waals surface area contributed by atoms with E-state index in [1.165, 1.54) is 23.0 Å². The number of benzene rings is 2. The first-order chi connectivity index (χ1) is 13.5. The number of nitrogens with zero attached hydrogens (tertiary/aromatic N) is 3. The van der Waals surface area contributed by atoms with Gasteiger partial charge in [0.15, 0.2) is 10.9 Å². The van der Waals surface area contributed by atoms with E-state index in [1.54, 1.807) is 0 Å². The molecule has 28 heavy (non-hydrogen) atoms. The average Bonchev–Trinajstić information content (AvgIpc) is 3.13. The fraction of sp³-hybridized carbons (Fsp3) is 0.333. The SMILES string of the molecule is CCc1ccc(CC(=O)N2CCN(c3nc4c(F)cc(F)cc4s3)CC2)cc1. The van der Waals surface area contributed by atoms with E-state index in [4.69, 9.17) is 0 Å². The number of halogens is 2. The van der Waals surface area contributed by atoms with Crippen molar-refractivity contribution < 1.29 is 13.6 Å². The number of carbonyl (C=O) groups is 1. The Hall–Kier alpha value is -2.54. The molecule has 0 spiro atoms. The van der Waals surface area contributed by atoms with Crippen molar-refractivity contribution in [3.05, 3.63) is 59.2 Å². The second-order valence-electron chi connectivity index (χ2n) is 6.95. The van der Waals surface area contributed by atoms with Crippen LogP contribution in [0.25, 0.3) is 10.2 Å². The van der Waals surface area contributed by atoms with Crippen LogP contribution in [0.4, 0.5) is 13.9 Å². The molecule has 1 saturated heterocycles. The van der Waals surface area contributed by atoms with E-state index in [0.29, 0.717) is 42.4 Å². The van der Waals surface area contributed by atoms with Crippen molar-refractivity contribution >= 4 is 32.6 Å². The molecule has 2 heterocycles. The lowest BCUT2D eigenvalue weighted by Gasteiger charge is -2.34. The Kier molecular flexibility index (Phi) is 5.26. The van der Waals surface area contributed by atoms with Gasteiger partial charge in [0.2, 0.25) is 5.91 Å². The number of fused-ring (bicyclic) bond motifs is 1. The summed E-state index contributed by atoms with van der Waals surface area (Å²) in [7, 11) is 0. The largest absolute Gasteiger partial charge is 0.345 e. The van der Waals surface area contributed by atoms with E-state index in [9.17, 15) is 13.6 Å². The molecule has 3 aromatic rings. The quantitative estimate of drug-likeness (QED) is 0.662. The average molecular weight is 401 g/mol. The summed E-state index contributed by atoms with van der Waals surface area (Å²) < 4.78 is 27.8. The minimum absolute atomic E-state index is 0.112. The van der Waals surface area contributed by atoms with Crippen LogP contribution in [0.3, 0.4) is 0 Å². The minimum atomic E-state index is -0.639. The van der Waals surface area contributed by atoms with E-state index in [0.717, 1.165) is 18.1 Å². The Bertz CT molecular complexity index is 995. The molecule has 0 N–H and O–H groups in total. The van der Waals surface area contributed by atoms with Crippen molar-refractivity contribution in [2.24, 2.45) is 0 Å². The zero-order valence-corrected chi connectivity index (χ0v) is 16.4. The van der Waals surface area contributed by atoms with Crippen LogP contribution >= 0.6 is 11.3 Å². The molecule has 1 aliphatic rings. The zero-order valence-electron chi connectivity index (χ0n) is 15.6. The molecule has 1 aromatic heterocycles. The lowest BCUT2D eigenvalue weighted by molar-refractivity contribution is -0.130. The van der Waals surface area contributed by atoms with Gasteiger partial charge in [0.1, 0.15) is 11.3 Å². The second kappa shape index (κ2) is 7.83. The maximum absolute atomic E-state index is 13.9. The topological polar surface area (TPSA) is 36.4 Å². The van der Waals surface area contributed by atoms with Crippen LogP contribution in [0.1, 0.15) is 18.1 Å². The fourth-order valence-corrected chi connectivity index (χ4v) is 4.46. The maximum atomic E-state index is 13.9. The summed E-state index contributed by atoms with van der Waals surface area (Å²) in [5.74, 6) is -1.12. The lowest BCUT2D eigenvalue weighted by Crippen LogP contribution is -2.49. The number of rotatable bonds is 4. The van der Waals surface area contributed by atoms with Gasteiger partial charge in [-0.3, -0.25) is 4.79 Å². The summed E-state index contributed by atoms with van der Waals surface area (Å²) >= 11 is 1.28. The van der Waals surface area contributed by atoms with E-state index < -0.39 is 11.6 Å². The van der Waals surface area contributed by atoms with Gasteiger partial charge in [-0.2, -0.15) is 0 Å². The molecular weight excluding hydrogens is 380 g/mol. The molecule has 1 amide bonds. The molecule has 4 rings (SSSR count). The van der Waals surface area contributed by atoms with Crippen molar-refractivity contribution in [2.75, 3.05) is 31.1 Å². The molecule has 0 radical (unpaired) electrons. The predicted molar refractivity (Wildman–Crippen MR) is 108 cm³/mol. The number of anilines is 1. The van der Waals surface area contributed by atoms with E-state index in [2.05, 4.69) is 24.0 Å². The Morgan fingerprint density at radius 3 is 2.43 bits per heavy atom. The van der Waals surface area contributed by atoms with Crippen molar-refractivity contribution in [3.63, 3.8) is 0 Å². The monoisotopic (exact) mass is 401 g/mol. The molecule has 1 fully saturated rings. The molecule has 1 aliphatic heterocycles. The summed E-state index contributed by atoms with van der Waals surface area (Å²) in [5.41, 5.74) is 2.49. The van der Waals surface area contributed by atoms with Gasteiger partial charge in [0.25, 0.3) is 0 Å². The van der Waals surface area contributed by atoms with Gasteiger partial charge in [-0.1, -0.05) is 42.5 Å². The van der Waals surface area contributed by atoms with Crippen molar-refractivity contribution in [1.82, 2.24) is 9.88 Å². The van der Waals surface area contributed by atoms with Gasteiger partial charge in [0.05, 0.1) is 11.1 Å². The summed E-state index contributed by atoms with van der Waals surface area (Å²) in [6.45, 7) is 4.56. The third kappa shape index (κ3) is 3.85. The van der Waals surface area contributed by atoms with Gasteiger partial charge >= 0.3 is 0 Å². The molecule has 0 atom stereocenters. The first kappa shape index (κ1) is 18.8. The van der Waals surface area contributed by atoms with Crippen LogP contribution in [0.2, 0.25) is 0 Å². The fourth-order valence-electron chi connectivity index (χ4n) is 3.41. The highest BCUT2D eigenvalue weighted by Crippen LogP contribution is 2.31. The van der Waals surface area contributed by atoms with Gasteiger partial charge < -0.3 is 9.80 Å². The van der Waals surface area contributed by atoms with Crippen LogP contribution in [0, 0.1) is 11.6 Å². The summed E-state index contributed by atoms with van der Waals surface area (Å²) in [6, 6.07) is 10.3. The van der Waals surface area contributed by atoms with Crippen molar-refractivity contribution in [1.29, 1.82) is 0 Å². The molecule has 0 bridgehead atoms. The number of carbonyl (C=O) groups excluding carboxylic acids is 1. The van der Waals surface area contributed by atoms with Gasteiger partial charge in [-0.15, -0.1) is 0 Å². The van der Waals surface area contributed by atoms with E-state index >= 15 is 0 Å². The maximum Gasteiger partial charge on any atom is 0.227 e. The molecule has 0 saturated carbocycles. The lowest BCUT2D eigenvalue weighted by atomic mass is 10.1. The first-order valence-corrected chi connectivity index (χ1v) is 10.2. The van der Waals surface area contributed by atoms with Crippen molar-refractivity contribution in [2.45, 2.75) is 19.8 Å². The first-order valence-electron chi connectivity index (χ1n) is 9.39. The highest BCUT2D eigenvalue weighted by Gasteiger charge is 2.23. The number of hydrogen-bond donors (Lipinski definition) is 0. The van der Waals surface area contributed by atoms with Crippen LogP contribution in [-0.2, 0) is 17.6 Å². The Labute approximate surface area is 166 Å². The number of aryl methyl sites for hydroxylation is 1. The summed E-state index contributed by atoms with van der Waals surface area (Å²) in [6.07, 6.45) is 1.38. The van der Waals surface area contributed by atoms with Crippen LogP contribution < -0.4 is 4.90 Å². The van der Waals surface area contributed by atoms with Gasteiger partial charge in [-0.05, 0) is 23.6 Å². The minimum Gasteiger partial charge on any atom is -0.345 e. The number of amides is 1. The molecule has 4 nitrogen and oxygen atoms in total. The predicted octanol–water partition coefficient (Wildman–Crippen LogP) is 4.03. The second-order valence-corrected chi connectivity index (χ2v) is 7.95. The third-order valence-electron chi connectivity index (χ3n) is 5.09. The highest BCUT2D eigenvalue weighted by atomic mass is 32.1. The zero-order chi connectivity index (χ0) is 19.7. The number of thiazole rings is 1. The standard InChI is InChI=1S/C21H21F2N3OS/c1-2-14-3-5-15(6-4-14)11-19(27)25-7-9-26(10-8-25)21-24-20-17(23)12-16(22)13-18(20)28-21/h3-6,12-13H,2,7-11H2,1H3. The smallest absolute Gasteiger partial charge is 0.227 e. The molecular formula is C21H21F2N3OS. The van der Waals surface area contributed by atoms with E-state index in [-0.39, 0.29) is 11.4 Å².